The standard InChI is InChI=1S/C30H42O12/c31-16-30(38)17-40-29(27(30)37)39-15-23-24(34)25(35)26(36)28(42-23)41-22-13-8-19(9-14-22)7-10-20(32)4-2-1-3-18-5-11-21(33)12-6-18/h5-6,8-9,11-14,20,23-29,31-38H,1-4,7,10,15-17H2/t20?,23-,24-,25+,26-,27+,28-,29-,30-/m1/s1. The van der Waals surface area contributed by atoms with Crippen LogP contribution < -0.4 is 4.74 Å². The topological polar surface area (TPSA) is 199 Å². The van der Waals surface area contributed by atoms with Crippen molar-refractivity contribution >= 4 is 0 Å². The third-order valence-electron chi connectivity index (χ3n) is 7.80. The highest BCUT2D eigenvalue weighted by atomic mass is 16.7. The molecule has 2 fully saturated rings. The van der Waals surface area contributed by atoms with Crippen molar-refractivity contribution in [2.24, 2.45) is 0 Å². The van der Waals surface area contributed by atoms with Crippen LogP contribution in [0.25, 0.3) is 0 Å². The first kappa shape index (κ1) is 32.6. The van der Waals surface area contributed by atoms with Gasteiger partial charge in [0.1, 0.15) is 47.6 Å². The first-order chi connectivity index (χ1) is 20.1. The summed E-state index contributed by atoms with van der Waals surface area (Å²) >= 11 is 0. The average Bonchev–Trinajstić information content (AvgIpc) is 3.28. The van der Waals surface area contributed by atoms with Crippen molar-refractivity contribution in [1.29, 1.82) is 0 Å². The summed E-state index contributed by atoms with van der Waals surface area (Å²) in [6.45, 7) is -1.46. The van der Waals surface area contributed by atoms with Gasteiger partial charge in [-0.1, -0.05) is 30.7 Å². The minimum atomic E-state index is -1.88. The monoisotopic (exact) mass is 594 g/mol. The van der Waals surface area contributed by atoms with Gasteiger partial charge in [0.05, 0.1) is 25.9 Å². The van der Waals surface area contributed by atoms with Crippen LogP contribution in [0.2, 0.25) is 0 Å². The van der Waals surface area contributed by atoms with Gasteiger partial charge in [0.2, 0.25) is 6.29 Å². The highest BCUT2D eigenvalue weighted by Gasteiger charge is 2.50. The normalized spacial score (nSPS) is 32.1. The second-order valence-corrected chi connectivity index (χ2v) is 11.1. The van der Waals surface area contributed by atoms with Gasteiger partial charge >= 0.3 is 0 Å². The summed E-state index contributed by atoms with van der Waals surface area (Å²) < 4.78 is 22.0. The molecule has 2 heterocycles. The van der Waals surface area contributed by atoms with E-state index in [9.17, 15) is 40.9 Å². The Morgan fingerprint density at radius 1 is 0.833 bits per heavy atom. The van der Waals surface area contributed by atoms with Crippen LogP contribution in [0.3, 0.4) is 0 Å². The summed E-state index contributed by atoms with van der Waals surface area (Å²) in [4.78, 5) is 0. The molecule has 0 bridgehead atoms. The van der Waals surface area contributed by atoms with Gasteiger partial charge in [-0.2, -0.15) is 0 Å². The molecule has 12 heteroatoms. The number of aliphatic hydroxyl groups is 7. The van der Waals surface area contributed by atoms with Crippen LogP contribution in [0.5, 0.6) is 11.5 Å². The molecule has 2 aliphatic heterocycles. The number of aromatic hydroxyl groups is 1. The van der Waals surface area contributed by atoms with E-state index < -0.39 is 61.4 Å². The number of unbranched alkanes of at least 4 members (excludes halogenated alkanes) is 1. The molecule has 0 amide bonds. The Morgan fingerprint density at radius 2 is 1.50 bits per heavy atom. The lowest BCUT2D eigenvalue weighted by atomic mass is 9.99. The van der Waals surface area contributed by atoms with Gasteiger partial charge < -0.3 is 59.8 Å². The quantitative estimate of drug-likeness (QED) is 0.134. The molecule has 2 aromatic rings. The highest BCUT2D eigenvalue weighted by Crippen LogP contribution is 2.28. The average molecular weight is 595 g/mol. The van der Waals surface area contributed by atoms with Crippen molar-refractivity contribution in [1.82, 2.24) is 0 Å². The fourth-order valence-electron chi connectivity index (χ4n) is 4.99. The minimum absolute atomic E-state index is 0.250. The largest absolute Gasteiger partial charge is 0.508 e. The van der Waals surface area contributed by atoms with Crippen LogP contribution in [-0.4, -0.2) is 115 Å². The Kier molecular flexibility index (Phi) is 11.5. The molecule has 0 saturated carbocycles. The maximum atomic E-state index is 10.4. The Balaban J connectivity index is 1.20. The molecule has 12 nitrogen and oxygen atoms in total. The lowest BCUT2D eigenvalue weighted by molar-refractivity contribution is -0.289. The van der Waals surface area contributed by atoms with Crippen LogP contribution in [0.4, 0.5) is 0 Å². The van der Waals surface area contributed by atoms with E-state index >= 15 is 0 Å². The van der Waals surface area contributed by atoms with Gasteiger partial charge in [-0.3, -0.25) is 0 Å². The number of phenolic OH excluding ortho intramolecular Hbond substituents is 1. The van der Waals surface area contributed by atoms with Crippen LogP contribution in [0, 0.1) is 0 Å². The number of hydrogen-bond acceptors (Lipinski definition) is 12. The molecule has 0 radical (unpaired) electrons. The number of benzene rings is 2. The Labute approximate surface area is 244 Å². The van der Waals surface area contributed by atoms with Crippen molar-refractivity contribution in [3.8, 4) is 11.5 Å². The Morgan fingerprint density at radius 3 is 2.17 bits per heavy atom. The van der Waals surface area contributed by atoms with E-state index in [1.54, 1.807) is 24.3 Å². The zero-order valence-corrected chi connectivity index (χ0v) is 23.3. The fraction of sp³-hybridized carbons (Fsp3) is 0.600. The SMILES string of the molecule is OC[C@@]1(O)CO[C@@H](OC[C@H]2O[C@@H](Oc3ccc(CCC(O)CCCCc4ccc(O)cc4)cc3)[C@H](O)[C@@H](O)[C@@H]2O)[C@@H]1O. The van der Waals surface area contributed by atoms with Gasteiger partial charge in [-0.25, -0.2) is 0 Å². The lowest BCUT2D eigenvalue weighted by Crippen LogP contribution is -2.60. The highest BCUT2D eigenvalue weighted by molar-refractivity contribution is 5.28. The molecule has 0 aromatic heterocycles. The molecule has 2 saturated heterocycles. The van der Waals surface area contributed by atoms with E-state index in [0.29, 0.717) is 25.0 Å². The number of hydrogen-bond donors (Lipinski definition) is 8. The number of aryl methyl sites for hydroxylation is 2. The first-order valence-electron chi connectivity index (χ1n) is 14.3. The number of phenols is 1. The van der Waals surface area contributed by atoms with Gasteiger partial charge in [0.25, 0.3) is 0 Å². The van der Waals surface area contributed by atoms with Gasteiger partial charge in [-0.15, -0.1) is 0 Å². The third-order valence-corrected chi connectivity index (χ3v) is 7.80. The molecular weight excluding hydrogens is 552 g/mol. The molecule has 0 aliphatic carbocycles. The van der Waals surface area contributed by atoms with Crippen LogP contribution in [0.15, 0.2) is 48.5 Å². The molecule has 2 aromatic carbocycles. The number of ether oxygens (including phenoxy) is 4. The Bertz CT molecular complexity index is 1080. The summed E-state index contributed by atoms with van der Waals surface area (Å²) in [6, 6.07) is 14.2. The zero-order chi connectivity index (χ0) is 30.3. The van der Waals surface area contributed by atoms with E-state index in [1.165, 1.54) is 0 Å². The van der Waals surface area contributed by atoms with Crippen LogP contribution in [0.1, 0.15) is 36.8 Å². The van der Waals surface area contributed by atoms with Crippen molar-refractivity contribution in [3.05, 3.63) is 59.7 Å². The number of rotatable bonds is 14. The molecule has 2 aliphatic rings. The van der Waals surface area contributed by atoms with Crippen molar-refractivity contribution in [2.75, 3.05) is 19.8 Å². The molecule has 0 spiro atoms. The maximum absolute atomic E-state index is 10.4. The van der Waals surface area contributed by atoms with Gasteiger partial charge in [-0.05, 0) is 67.5 Å². The maximum Gasteiger partial charge on any atom is 0.229 e. The van der Waals surface area contributed by atoms with Crippen molar-refractivity contribution in [3.63, 3.8) is 0 Å². The summed E-state index contributed by atoms with van der Waals surface area (Å²) in [5.41, 5.74) is 0.258. The molecule has 234 valence electrons. The summed E-state index contributed by atoms with van der Waals surface area (Å²) in [6.07, 6.45) is -5.76. The number of aliphatic hydroxyl groups excluding tert-OH is 6. The van der Waals surface area contributed by atoms with Crippen LogP contribution in [-0.2, 0) is 27.1 Å². The molecule has 1 unspecified atom stereocenters. The fourth-order valence-corrected chi connectivity index (χ4v) is 4.99. The smallest absolute Gasteiger partial charge is 0.229 e. The lowest BCUT2D eigenvalue weighted by Gasteiger charge is -2.40. The summed E-state index contributed by atoms with van der Waals surface area (Å²) in [7, 11) is 0. The third kappa shape index (κ3) is 8.38. The van der Waals surface area contributed by atoms with Crippen molar-refractivity contribution < 1.29 is 59.8 Å². The minimum Gasteiger partial charge on any atom is -0.508 e. The van der Waals surface area contributed by atoms with E-state index in [2.05, 4.69) is 0 Å². The molecule has 9 atom stereocenters. The summed E-state index contributed by atoms with van der Waals surface area (Å²) in [5.74, 6) is 0.601. The van der Waals surface area contributed by atoms with E-state index in [0.717, 1.165) is 30.4 Å². The first-order valence-corrected chi connectivity index (χ1v) is 14.3. The van der Waals surface area contributed by atoms with E-state index in [1.807, 2.05) is 24.3 Å². The van der Waals surface area contributed by atoms with Crippen molar-refractivity contribution in [2.45, 2.75) is 93.3 Å². The predicted molar refractivity (Wildman–Crippen MR) is 147 cm³/mol. The van der Waals surface area contributed by atoms with Gasteiger partial charge in [0, 0.05) is 0 Å². The molecule has 42 heavy (non-hydrogen) atoms. The molecule has 8 N–H and O–H groups in total. The molecular formula is C30H42O12. The molecule has 4 rings (SSSR count). The zero-order valence-electron chi connectivity index (χ0n) is 23.3. The van der Waals surface area contributed by atoms with E-state index in [4.69, 9.17) is 18.9 Å². The Hall–Kier alpha value is -2.36. The second kappa shape index (κ2) is 14.9. The summed E-state index contributed by atoms with van der Waals surface area (Å²) in [5, 5.41) is 80.3. The predicted octanol–water partition coefficient (Wildman–Crippen LogP) is -0.258. The second-order valence-electron chi connectivity index (χ2n) is 11.1. The van der Waals surface area contributed by atoms with Crippen LogP contribution >= 0.6 is 0 Å². The van der Waals surface area contributed by atoms with Gasteiger partial charge in [0.15, 0.2) is 6.29 Å². The van der Waals surface area contributed by atoms with E-state index in [-0.39, 0.29) is 19.0 Å².